The van der Waals surface area contributed by atoms with E-state index in [1.807, 2.05) is 13.8 Å². The number of benzene rings is 1. The Morgan fingerprint density at radius 1 is 1.39 bits per heavy atom. The molecule has 1 aliphatic carbocycles. The molecule has 1 atom stereocenters. The smallest absolute Gasteiger partial charge is 0.339 e. The second-order valence-corrected chi connectivity index (χ2v) is 5.27. The van der Waals surface area contributed by atoms with E-state index in [1.165, 1.54) is 18.2 Å². The molecule has 1 aliphatic rings. The number of aromatic carboxylic acids is 1. The van der Waals surface area contributed by atoms with Crippen LogP contribution in [0.15, 0.2) is 18.2 Å². The minimum absolute atomic E-state index is 0.0150. The number of anilines is 1. The highest BCUT2D eigenvalue weighted by atomic mass is 16.4. The van der Waals surface area contributed by atoms with Crippen LogP contribution in [0.5, 0.6) is 5.75 Å². The second-order valence-electron chi connectivity index (χ2n) is 5.27. The minimum Gasteiger partial charge on any atom is -0.507 e. The van der Waals surface area contributed by atoms with E-state index in [0.29, 0.717) is 5.69 Å². The van der Waals surface area contributed by atoms with Gasteiger partial charge in [-0.3, -0.25) is 4.79 Å². The molecule has 0 aliphatic heterocycles. The zero-order chi connectivity index (χ0) is 13.5. The molecule has 3 N–H and O–H groups in total. The van der Waals surface area contributed by atoms with Gasteiger partial charge < -0.3 is 15.5 Å². The lowest BCUT2D eigenvalue weighted by Gasteiger charge is -2.08. The van der Waals surface area contributed by atoms with Crippen molar-refractivity contribution in [2.45, 2.75) is 20.3 Å². The van der Waals surface area contributed by atoms with Crippen LogP contribution in [0.1, 0.15) is 30.6 Å². The average molecular weight is 249 g/mol. The zero-order valence-corrected chi connectivity index (χ0v) is 10.2. The van der Waals surface area contributed by atoms with Crippen molar-refractivity contribution in [1.29, 1.82) is 0 Å². The summed E-state index contributed by atoms with van der Waals surface area (Å²) in [6, 6.07) is 3.98. The van der Waals surface area contributed by atoms with Gasteiger partial charge in [0.2, 0.25) is 5.91 Å². The molecule has 0 aromatic heterocycles. The first-order valence-electron chi connectivity index (χ1n) is 5.68. The summed E-state index contributed by atoms with van der Waals surface area (Å²) >= 11 is 0. The average Bonchev–Trinajstić information content (AvgIpc) is 2.87. The lowest BCUT2D eigenvalue weighted by Crippen LogP contribution is -2.16. The highest BCUT2D eigenvalue weighted by molar-refractivity contribution is 5.96. The molecule has 1 aromatic carbocycles. The van der Waals surface area contributed by atoms with E-state index in [4.69, 9.17) is 5.11 Å². The molecule has 1 fully saturated rings. The highest BCUT2D eigenvalue weighted by Crippen LogP contribution is 2.52. The quantitative estimate of drug-likeness (QED) is 0.765. The van der Waals surface area contributed by atoms with Gasteiger partial charge in [0, 0.05) is 17.7 Å². The third-order valence-electron chi connectivity index (χ3n) is 3.33. The Morgan fingerprint density at radius 2 is 2.00 bits per heavy atom. The van der Waals surface area contributed by atoms with Crippen LogP contribution < -0.4 is 5.32 Å². The van der Waals surface area contributed by atoms with E-state index in [0.717, 1.165) is 6.42 Å². The van der Waals surface area contributed by atoms with Crippen molar-refractivity contribution >= 4 is 17.6 Å². The molecule has 0 bridgehead atoms. The molecule has 1 amide bonds. The second kappa shape index (κ2) is 4.01. The summed E-state index contributed by atoms with van der Waals surface area (Å²) in [7, 11) is 0. The van der Waals surface area contributed by atoms with Gasteiger partial charge in [-0.15, -0.1) is 0 Å². The van der Waals surface area contributed by atoms with Gasteiger partial charge in [0.15, 0.2) is 0 Å². The Balaban J connectivity index is 2.09. The number of rotatable bonds is 3. The minimum atomic E-state index is -1.20. The maximum absolute atomic E-state index is 11.8. The topological polar surface area (TPSA) is 86.6 Å². The van der Waals surface area contributed by atoms with Gasteiger partial charge in [-0.05, 0) is 24.0 Å². The number of carboxylic acids is 1. The van der Waals surface area contributed by atoms with E-state index >= 15 is 0 Å². The Morgan fingerprint density at radius 3 is 2.44 bits per heavy atom. The Hall–Kier alpha value is -2.04. The van der Waals surface area contributed by atoms with Crippen molar-refractivity contribution in [3.05, 3.63) is 23.8 Å². The van der Waals surface area contributed by atoms with Crippen molar-refractivity contribution in [3.63, 3.8) is 0 Å². The molecule has 0 saturated heterocycles. The maximum Gasteiger partial charge on any atom is 0.339 e. The first-order chi connectivity index (χ1) is 8.31. The number of amides is 1. The molecule has 1 aromatic rings. The highest BCUT2D eigenvalue weighted by Gasteiger charge is 2.50. The van der Waals surface area contributed by atoms with Gasteiger partial charge in [-0.2, -0.15) is 0 Å². The largest absolute Gasteiger partial charge is 0.507 e. The number of nitrogens with one attached hydrogen (secondary N) is 1. The number of phenols is 1. The van der Waals surface area contributed by atoms with Crippen molar-refractivity contribution < 1.29 is 19.8 Å². The van der Waals surface area contributed by atoms with Crippen LogP contribution in [-0.2, 0) is 4.79 Å². The molecule has 0 heterocycles. The summed E-state index contributed by atoms with van der Waals surface area (Å²) in [5, 5.41) is 20.9. The van der Waals surface area contributed by atoms with Crippen molar-refractivity contribution in [1.82, 2.24) is 0 Å². The summed E-state index contributed by atoms with van der Waals surface area (Å²) in [4.78, 5) is 22.5. The zero-order valence-electron chi connectivity index (χ0n) is 10.2. The monoisotopic (exact) mass is 249 g/mol. The predicted octanol–water partition coefficient (Wildman–Crippen LogP) is 2.07. The Bertz CT molecular complexity index is 522. The predicted molar refractivity (Wildman–Crippen MR) is 65.6 cm³/mol. The van der Waals surface area contributed by atoms with E-state index in [9.17, 15) is 14.7 Å². The molecule has 18 heavy (non-hydrogen) atoms. The summed E-state index contributed by atoms with van der Waals surface area (Å²) in [5.74, 6) is -1.66. The maximum atomic E-state index is 11.8. The molecule has 0 spiro atoms. The van der Waals surface area contributed by atoms with E-state index in [2.05, 4.69) is 5.32 Å². The number of hydrogen-bond acceptors (Lipinski definition) is 3. The van der Waals surface area contributed by atoms with E-state index in [-0.39, 0.29) is 28.6 Å². The molecular weight excluding hydrogens is 234 g/mol. The first-order valence-corrected chi connectivity index (χ1v) is 5.68. The fourth-order valence-corrected chi connectivity index (χ4v) is 1.93. The molecule has 1 unspecified atom stereocenters. The van der Waals surface area contributed by atoms with Gasteiger partial charge in [-0.25, -0.2) is 4.79 Å². The summed E-state index contributed by atoms with van der Waals surface area (Å²) in [6.45, 7) is 4.03. The SMILES string of the molecule is CC1(C)CC1C(=O)Nc1ccc(C(=O)O)c(O)c1. The fourth-order valence-electron chi connectivity index (χ4n) is 1.93. The van der Waals surface area contributed by atoms with Gasteiger partial charge >= 0.3 is 5.97 Å². The number of carbonyl (C=O) groups excluding carboxylic acids is 1. The molecule has 96 valence electrons. The summed E-state index contributed by atoms with van der Waals surface area (Å²) in [5.41, 5.74) is 0.262. The van der Waals surface area contributed by atoms with Gasteiger partial charge in [0.25, 0.3) is 0 Å². The molecule has 2 rings (SSSR count). The number of hydrogen-bond donors (Lipinski definition) is 3. The van der Waals surface area contributed by atoms with Crippen LogP contribution >= 0.6 is 0 Å². The van der Waals surface area contributed by atoms with Gasteiger partial charge in [-0.1, -0.05) is 13.8 Å². The number of aromatic hydroxyl groups is 1. The Kier molecular flexibility index (Phi) is 2.77. The van der Waals surface area contributed by atoms with Crippen LogP contribution in [0, 0.1) is 11.3 Å². The van der Waals surface area contributed by atoms with Crippen LogP contribution in [0.25, 0.3) is 0 Å². The third-order valence-corrected chi connectivity index (χ3v) is 3.33. The van der Waals surface area contributed by atoms with Gasteiger partial charge in [0.1, 0.15) is 11.3 Å². The lowest BCUT2D eigenvalue weighted by atomic mass is 10.1. The normalized spacial score (nSPS) is 20.2. The van der Waals surface area contributed by atoms with Crippen molar-refractivity contribution in [2.75, 3.05) is 5.32 Å². The summed E-state index contributed by atoms with van der Waals surface area (Å²) in [6.07, 6.45) is 0.845. The van der Waals surface area contributed by atoms with E-state index < -0.39 is 5.97 Å². The summed E-state index contributed by atoms with van der Waals surface area (Å²) < 4.78 is 0. The van der Waals surface area contributed by atoms with E-state index in [1.54, 1.807) is 0 Å². The Labute approximate surface area is 104 Å². The van der Waals surface area contributed by atoms with Crippen LogP contribution in [-0.4, -0.2) is 22.1 Å². The molecule has 5 heteroatoms. The van der Waals surface area contributed by atoms with Crippen LogP contribution in [0.2, 0.25) is 0 Å². The van der Waals surface area contributed by atoms with Crippen LogP contribution in [0.4, 0.5) is 5.69 Å². The molecule has 1 saturated carbocycles. The molecule has 0 radical (unpaired) electrons. The standard InChI is InChI=1S/C13H15NO4/c1-13(2)6-9(13)11(16)14-7-3-4-8(12(17)18)10(15)5-7/h3-5,9,15H,6H2,1-2H3,(H,14,16)(H,17,18). The fraction of sp³-hybridized carbons (Fsp3) is 0.385. The van der Waals surface area contributed by atoms with Crippen LogP contribution in [0.3, 0.4) is 0 Å². The first kappa shape index (κ1) is 12.4. The number of carboxylic acid groups (broad SMARTS) is 1. The van der Waals surface area contributed by atoms with Crippen molar-refractivity contribution in [2.24, 2.45) is 11.3 Å². The molecule has 5 nitrogen and oxygen atoms in total. The van der Waals surface area contributed by atoms with Gasteiger partial charge in [0.05, 0.1) is 0 Å². The number of carbonyl (C=O) groups is 2. The third kappa shape index (κ3) is 2.30. The van der Waals surface area contributed by atoms with Crippen molar-refractivity contribution in [3.8, 4) is 5.75 Å². The molecular formula is C13H15NO4. The lowest BCUT2D eigenvalue weighted by molar-refractivity contribution is -0.118.